The minimum Gasteiger partial charge on any atom is -0.497 e. The Hall–Kier alpha value is -2.83. The van der Waals surface area contributed by atoms with Gasteiger partial charge in [-0.05, 0) is 42.9 Å². The molecule has 2 aromatic rings. The number of carbonyl (C=O) groups excluding carboxylic acids is 3. The summed E-state index contributed by atoms with van der Waals surface area (Å²) in [4.78, 5) is 44.7. The fourth-order valence-corrected chi connectivity index (χ4v) is 5.63. The average Bonchev–Trinajstić information content (AvgIpc) is 3.18. The third-order valence-electron chi connectivity index (χ3n) is 7.65. The van der Waals surface area contributed by atoms with Crippen molar-refractivity contribution < 1.29 is 19.1 Å². The maximum atomic E-state index is 13.7. The SMILES string of the molecule is COc1ccc2c3c([nH]c2c1)[C@H](CC(C)C)N1C(=O)[C@H](CCCCCC(=O)C(C)(C)C)NC(=O)[C@@H]1C3. The Morgan fingerprint density at radius 3 is 2.58 bits per heavy atom. The van der Waals surface area contributed by atoms with Crippen LogP contribution < -0.4 is 10.1 Å². The zero-order chi connectivity index (χ0) is 26.2. The molecule has 0 radical (unpaired) electrons. The Kier molecular flexibility index (Phi) is 7.48. The Bertz CT molecular complexity index is 1140. The highest BCUT2D eigenvalue weighted by Gasteiger charge is 2.48. The zero-order valence-electron chi connectivity index (χ0n) is 22.6. The lowest BCUT2D eigenvalue weighted by Gasteiger charge is -2.47. The summed E-state index contributed by atoms with van der Waals surface area (Å²) in [5.41, 5.74) is 2.84. The molecule has 0 bridgehead atoms. The van der Waals surface area contributed by atoms with Crippen LogP contribution in [0.3, 0.4) is 0 Å². The molecule has 2 amide bonds. The van der Waals surface area contributed by atoms with Crippen LogP contribution in [0.5, 0.6) is 5.75 Å². The second-order valence-corrected chi connectivity index (χ2v) is 11.9. The first-order valence-electron chi connectivity index (χ1n) is 13.4. The Morgan fingerprint density at radius 2 is 1.92 bits per heavy atom. The molecule has 2 N–H and O–H groups in total. The quantitative estimate of drug-likeness (QED) is 0.475. The molecule has 4 rings (SSSR count). The number of H-pyrrole nitrogens is 1. The lowest BCUT2D eigenvalue weighted by atomic mass is 9.84. The van der Waals surface area contributed by atoms with Crippen LogP contribution in [0.15, 0.2) is 18.2 Å². The third kappa shape index (κ3) is 5.16. The highest BCUT2D eigenvalue weighted by atomic mass is 16.5. The summed E-state index contributed by atoms with van der Waals surface area (Å²) in [7, 11) is 1.65. The van der Waals surface area contributed by atoms with Crippen molar-refractivity contribution in [2.45, 2.75) is 97.7 Å². The number of methoxy groups -OCH3 is 1. The third-order valence-corrected chi connectivity index (χ3v) is 7.65. The highest BCUT2D eigenvalue weighted by Crippen LogP contribution is 2.42. The second kappa shape index (κ2) is 10.3. The molecule has 3 heterocycles. The minimum atomic E-state index is -0.507. The summed E-state index contributed by atoms with van der Waals surface area (Å²) in [6.07, 6.45) is 4.95. The number of nitrogens with zero attached hydrogens (tertiary/aromatic N) is 1. The Morgan fingerprint density at radius 1 is 1.17 bits per heavy atom. The summed E-state index contributed by atoms with van der Waals surface area (Å²) >= 11 is 0. The second-order valence-electron chi connectivity index (χ2n) is 11.9. The van der Waals surface area contributed by atoms with Crippen LogP contribution in [0.1, 0.15) is 90.4 Å². The number of nitrogens with one attached hydrogen (secondary N) is 2. The number of benzene rings is 1. The molecule has 3 atom stereocenters. The molecule has 7 nitrogen and oxygen atoms in total. The highest BCUT2D eigenvalue weighted by molar-refractivity contribution is 5.99. The number of unbranched alkanes of at least 4 members (excludes halogenated alkanes) is 2. The van der Waals surface area contributed by atoms with Crippen molar-refractivity contribution in [1.29, 1.82) is 0 Å². The van der Waals surface area contributed by atoms with Gasteiger partial charge in [0.1, 0.15) is 23.6 Å². The lowest BCUT2D eigenvalue weighted by molar-refractivity contribution is -0.154. The number of piperazine rings is 1. The van der Waals surface area contributed by atoms with E-state index in [-0.39, 0.29) is 29.1 Å². The first kappa shape index (κ1) is 26.2. The standard InChI is InChI=1S/C29H41N3O4/c1-17(2)14-23-26-20(19-13-12-18(36-6)15-22(19)30-26)16-24-27(34)31-21(28(35)32(23)24)10-8-7-9-11-25(33)29(3,4)5/h12-13,15,17,21,23-24,30H,7-11,14,16H2,1-6H3,(H,31,34)/t21-,23-,24-/m0/s1. The van der Waals surface area contributed by atoms with Crippen molar-refractivity contribution in [2.75, 3.05) is 7.11 Å². The van der Waals surface area contributed by atoms with Gasteiger partial charge in [0.15, 0.2) is 0 Å². The molecule has 7 heteroatoms. The van der Waals surface area contributed by atoms with E-state index in [0.717, 1.165) is 53.6 Å². The van der Waals surface area contributed by atoms with Gasteiger partial charge in [-0.1, -0.05) is 47.5 Å². The van der Waals surface area contributed by atoms with Crippen molar-refractivity contribution in [2.24, 2.45) is 11.3 Å². The van der Waals surface area contributed by atoms with Gasteiger partial charge in [-0.2, -0.15) is 0 Å². The smallest absolute Gasteiger partial charge is 0.246 e. The van der Waals surface area contributed by atoms with E-state index in [4.69, 9.17) is 4.74 Å². The molecule has 0 saturated carbocycles. The number of ether oxygens (including phenoxy) is 1. The van der Waals surface area contributed by atoms with Crippen LogP contribution >= 0.6 is 0 Å². The van der Waals surface area contributed by atoms with Crippen LogP contribution in [-0.2, 0) is 20.8 Å². The van der Waals surface area contributed by atoms with Crippen LogP contribution in [-0.4, -0.2) is 46.7 Å². The molecule has 1 saturated heterocycles. The van der Waals surface area contributed by atoms with E-state index in [1.54, 1.807) is 7.11 Å². The molecule has 0 spiro atoms. The summed E-state index contributed by atoms with van der Waals surface area (Å²) in [5.74, 6) is 1.35. The van der Waals surface area contributed by atoms with Crippen LogP contribution in [0.4, 0.5) is 0 Å². The van der Waals surface area contributed by atoms with E-state index in [2.05, 4.69) is 24.1 Å². The normalized spacial score (nSPS) is 22.0. The lowest BCUT2D eigenvalue weighted by Crippen LogP contribution is -2.65. The van der Waals surface area contributed by atoms with Gasteiger partial charge in [0.2, 0.25) is 11.8 Å². The van der Waals surface area contributed by atoms with Crippen molar-refractivity contribution in [3.05, 3.63) is 29.5 Å². The maximum Gasteiger partial charge on any atom is 0.246 e. The van der Waals surface area contributed by atoms with Crippen LogP contribution in [0.2, 0.25) is 0 Å². The van der Waals surface area contributed by atoms with Gasteiger partial charge in [0.05, 0.1) is 13.2 Å². The van der Waals surface area contributed by atoms with E-state index in [1.807, 2.05) is 43.9 Å². The molecule has 2 aliphatic rings. The van der Waals surface area contributed by atoms with Gasteiger partial charge in [0.25, 0.3) is 0 Å². The number of fused-ring (bicyclic) bond motifs is 4. The topological polar surface area (TPSA) is 91.5 Å². The van der Waals surface area contributed by atoms with Gasteiger partial charge in [0, 0.05) is 40.9 Å². The number of aromatic nitrogens is 1. The number of Topliss-reactive ketones (excluding diaryl/α,β-unsaturated/α-hetero) is 1. The summed E-state index contributed by atoms with van der Waals surface area (Å²) in [5, 5.41) is 4.11. The molecule has 1 aromatic carbocycles. The van der Waals surface area contributed by atoms with Gasteiger partial charge in [-0.3, -0.25) is 14.4 Å². The van der Waals surface area contributed by atoms with E-state index >= 15 is 0 Å². The average molecular weight is 496 g/mol. The predicted octanol–water partition coefficient (Wildman–Crippen LogP) is 5.08. The molecule has 1 aromatic heterocycles. The van der Waals surface area contributed by atoms with E-state index < -0.39 is 12.1 Å². The molecular formula is C29H41N3O4. The van der Waals surface area contributed by atoms with Crippen molar-refractivity contribution in [3.8, 4) is 5.75 Å². The summed E-state index contributed by atoms with van der Waals surface area (Å²) in [6.45, 7) is 10.1. The Labute approximate surface area is 214 Å². The molecule has 0 unspecified atom stereocenters. The number of ketones is 1. The van der Waals surface area contributed by atoms with Gasteiger partial charge < -0.3 is 19.9 Å². The van der Waals surface area contributed by atoms with Gasteiger partial charge in [-0.25, -0.2) is 0 Å². The monoisotopic (exact) mass is 495 g/mol. The summed E-state index contributed by atoms with van der Waals surface area (Å²) in [6, 6.07) is 4.80. The van der Waals surface area contributed by atoms with Crippen molar-refractivity contribution in [1.82, 2.24) is 15.2 Å². The fourth-order valence-electron chi connectivity index (χ4n) is 5.63. The number of hydrogen-bond donors (Lipinski definition) is 2. The largest absolute Gasteiger partial charge is 0.497 e. The van der Waals surface area contributed by atoms with Crippen molar-refractivity contribution in [3.63, 3.8) is 0 Å². The number of rotatable bonds is 9. The Balaban J connectivity index is 1.52. The maximum absolute atomic E-state index is 13.7. The van der Waals surface area contributed by atoms with Gasteiger partial charge >= 0.3 is 0 Å². The predicted molar refractivity (Wildman–Crippen MR) is 141 cm³/mol. The first-order valence-corrected chi connectivity index (χ1v) is 13.4. The van der Waals surface area contributed by atoms with E-state index in [0.29, 0.717) is 25.2 Å². The summed E-state index contributed by atoms with van der Waals surface area (Å²) < 4.78 is 5.41. The molecular weight excluding hydrogens is 454 g/mol. The number of aromatic amines is 1. The molecule has 196 valence electrons. The molecule has 1 fully saturated rings. The minimum absolute atomic E-state index is 0.0119. The van der Waals surface area contributed by atoms with Gasteiger partial charge in [-0.15, -0.1) is 0 Å². The van der Waals surface area contributed by atoms with Crippen LogP contribution in [0.25, 0.3) is 10.9 Å². The number of carbonyl (C=O) groups is 3. The van der Waals surface area contributed by atoms with E-state index in [1.165, 1.54) is 0 Å². The fraction of sp³-hybridized carbons (Fsp3) is 0.621. The zero-order valence-corrected chi connectivity index (χ0v) is 22.6. The number of hydrogen-bond acceptors (Lipinski definition) is 4. The number of amides is 2. The first-order chi connectivity index (χ1) is 17.0. The molecule has 36 heavy (non-hydrogen) atoms. The molecule has 0 aliphatic carbocycles. The molecule has 2 aliphatic heterocycles. The van der Waals surface area contributed by atoms with Crippen molar-refractivity contribution >= 4 is 28.5 Å². The van der Waals surface area contributed by atoms with Crippen LogP contribution in [0, 0.1) is 11.3 Å². The van der Waals surface area contributed by atoms with E-state index in [9.17, 15) is 14.4 Å².